The molecule has 2 unspecified atom stereocenters. The first kappa shape index (κ1) is 11.7. The van der Waals surface area contributed by atoms with Gasteiger partial charge in [-0.25, -0.2) is 9.97 Å². The summed E-state index contributed by atoms with van der Waals surface area (Å²) in [6.45, 7) is 1.83. The Morgan fingerprint density at radius 2 is 2.33 bits per heavy atom. The zero-order chi connectivity index (χ0) is 12.5. The first-order valence-corrected chi connectivity index (χ1v) is 6.63. The average Bonchev–Trinajstić information content (AvgIpc) is 2.38. The van der Waals surface area contributed by atoms with Crippen molar-refractivity contribution in [3.05, 3.63) is 17.5 Å². The molecular weight excluding hydrogens is 252 g/mol. The number of nitrogens with one attached hydrogen (secondary N) is 1. The van der Waals surface area contributed by atoms with Gasteiger partial charge in [0.25, 0.3) is 0 Å². The number of piperidine rings is 2. The maximum atomic E-state index is 11.4. The second-order valence-electron chi connectivity index (χ2n) is 4.89. The lowest BCUT2D eigenvalue weighted by molar-refractivity contribution is -0.124. The predicted octanol–water partition coefficient (Wildman–Crippen LogP) is 1.23. The highest BCUT2D eigenvalue weighted by Crippen LogP contribution is 2.27. The Morgan fingerprint density at radius 3 is 3.17 bits per heavy atom. The van der Waals surface area contributed by atoms with Gasteiger partial charge in [0.15, 0.2) is 0 Å². The van der Waals surface area contributed by atoms with E-state index in [1.165, 1.54) is 0 Å². The molecule has 2 fully saturated rings. The molecule has 3 heterocycles. The number of hydrogen-bond acceptors (Lipinski definition) is 4. The molecule has 0 aliphatic carbocycles. The van der Waals surface area contributed by atoms with Crippen LogP contribution in [0.2, 0.25) is 5.28 Å². The number of carbonyl (C=O) groups is 1. The van der Waals surface area contributed by atoms with Crippen molar-refractivity contribution in [2.75, 3.05) is 18.0 Å². The van der Waals surface area contributed by atoms with E-state index in [2.05, 4.69) is 20.2 Å². The maximum Gasteiger partial charge on any atom is 0.224 e. The normalized spacial score (nSPS) is 27.6. The smallest absolute Gasteiger partial charge is 0.224 e. The fraction of sp³-hybridized carbons (Fsp3) is 0.583. The molecule has 1 aromatic heterocycles. The van der Waals surface area contributed by atoms with Crippen molar-refractivity contribution in [3.8, 4) is 0 Å². The number of anilines is 1. The molecule has 0 spiro atoms. The molecule has 6 heteroatoms. The lowest BCUT2D eigenvalue weighted by Gasteiger charge is -2.41. The van der Waals surface area contributed by atoms with E-state index in [1.54, 1.807) is 6.20 Å². The van der Waals surface area contributed by atoms with Crippen LogP contribution in [0.3, 0.4) is 0 Å². The summed E-state index contributed by atoms with van der Waals surface area (Å²) in [6, 6.07) is 2.22. The molecule has 1 aromatic rings. The van der Waals surface area contributed by atoms with Crippen molar-refractivity contribution in [1.29, 1.82) is 0 Å². The number of halogens is 1. The van der Waals surface area contributed by atoms with Gasteiger partial charge < -0.3 is 10.2 Å². The first-order valence-electron chi connectivity index (χ1n) is 6.25. The van der Waals surface area contributed by atoms with E-state index in [0.717, 1.165) is 31.7 Å². The Bertz CT molecular complexity index is 467. The van der Waals surface area contributed by atoms with Gasteiger partial charge in [-0.1, -0.05) is 0 Å². The molecule has 0 aromatic carbocycles. The molecule has 3 rings (SSSR count). The molecule has 2 saturated heterocycles. The zero-order valence-electron chi connectivity index (χ0n) is 9.97. The van der Waals surface area contributed by atoms with Crippen LogP contribution in [0, 0.1) is 5.92 Å². The van der Waals surface area contributed by atoms with Crippen LogP contribution >= 0.6 is 11.6 Å². The zero-order valence-corrected chi connectivity index (χ0v) is 10.7. The molecule has 96 valence electrons. The van der Waals surface area contributed by atoms with Crippen molar-refractivity contribution in [2.45, 2.75) is 25.3 Å². The van der Waals surface area contributed by atoms with Gasteiger partial charge in [0.1, 0.15) is 5.82 Å². The first-order chi connectivity index (χ1) is 8.72. The number of carbonyl (C=O) groups excluding carboxylic acids is 1. The highest BCUT2D eigenvalue weighted by molar-refractivity contribution is 6.28. The summed E-state index contributed by atoms with van der Waals surface area (Å²) in [5.74, 6) is 1.59. The Balaban J connectivity index is 1.72. The summed E-state index contributed by atoms with van der Waals surface area (Å²) < 4.78 is 0. The van der Waals surface area contributed by atoms with E-state index in [1.807, 2.05) is 6.07 Å². The molecule has 18 heavy (non-hydrogen) atoms. The Labute approximate surface area is 111 Å². The van der Waals surface area contributed by atoms with E-state index >= 15 is 0 Å². The molecule has 0 saturated carbocycles. The van der Waals surface area contributed by atoms with E-state index in [4.69, 9.17) is 11.6 Å². The van der Waals surface area contributed by atoms with Crippen molar-refractivity contribution in [3.63, 3.8) is 0 Å². The Kier molecular flexibility index (Phi) is 3.07. The third-order valence-corrected chi connectivity index (χ3v) is 3.94. The summed E-state index contributed by atoms with van der Waals surface area (Å²) in [5, 5.41) is 3.36. The van der Waals surface area contributed by atoms with Gasteiger partial charge in [-0.15, -0.1) is 0 Å². The third-order valence-electron chi connectivity index (χ3n) is 3.76. The summed E-state index contributed by atoms with van der Waals surface area (Å²) >= 11 is 5.81. The van der Waals surface area contributed by atoms with Crippen molar-refractivity contribution >= 4 is 23.3 Å². The molecule has 2 aliphatic heterocycles. The number of amides is 1. The lowest BCUT2D eigenvalue weighted by Crippen LogP contribution is -2.54. The summed E-state index contributed by atoms with van der Waals surface area (Å²) in [4.78, 5) is 21.7. The molecule has 5 nitrogen and oxygen atoms in total. The molecule has 2 aliphatic rings. The van der Waals surface area contributed by atoms with Crippen LogP contribution in [0.25, 0.3) is 0 Å². The average molecular weight is 267 g/mol. The van der Waals surface area contributed by atoms with Gasteiger partial charge in [0.05, 0.1) is 0 Å². The lowest BCUT2D eigenvalue weighted by atomic mass is 9.85. The van der Waals surface area contributed by atoms with Gasteiger partial charge in [-0.05, 0) is 36.4 Å². The van der Waals surface area contributed by atoms with Gasteiger partial charge in [-0.2, -0.15) is 0 Å². The van der Waals surface area contributed by atoms with Crippen LogP contribution in [0.4, 0.5) is 5.82 Å². The molecule has 0 bridgehead atoms. The fourth-order valence-electron chi connectivity index (χ4n) is 2.82. The molecule has 1 N–H and O–H groups in total. The second-order valence-corrected chi connectivity index (χ2v) is 5.23. The minimum absolute atomic E-state index is 0.190. The van der Waals surface area contributed by atoms with Crippen molar-refractivity contribution in [1.82, 2.24) is 15.3 Å². The van der Waals surface area contributed by atoms with Crippen LogP contribution in [-0.4, -0.2) is 35.0 Å². The molecule has 2 atom stereocenters. The van der Waals surface area contributed by atoms with Crippen molar-refractivity contribution in [2.24, 2.45) is 5.92 Å². The number of hydrogen-bond donors (Lipinski definition) is 1. The van der Waals surface area contributed by atoms with Crippen LogP contribution < -0.4 is 10.2 Å². The van der Waals surface area contributed by atoms with Gasteiger partial charge >= 0.3 is 0 Å². The van der Waals surface area contributed by atoms with E-state index in [9.17, 15) is 4.79 Å². The summed E-state index contributed by atoms with van der Waals surface area (Å²) in [7, 11) is 0. The topological polar surface area (TPSA) is 58.1 Å². The summed E-state index contributed by atoms with van der Waals surface area (Å²) in [5.41, 5.74) is 0. The van der Waals surface area contributed by atoms with Gasteiger partial charge in [0.2, 0.25) is 11.2 Å². The third kappa shape index (κ3) is 2.27. The standard InChI is InChI=1S/C12H15ClN4O/c13-12-14-5-3-10(16-12)17-6-4-9-8(7-17)1-2-11(18)15-9/h3,5,8-9H,1-2,4,6-7H2,(H,15,18). The van der Waals surface area contributed by atoms with Gasteiger partial charge in [-0.3, -0.25) is 4.79 Å². The number of nitrogens with zero attached hydrogens (tertiary/aromatic N) is 3. The van der Waals surface area contributed by atoms with Crippen LogP contribution in [0.15, 0.2) is 12.3 Å². The van der Waals surface area contributed by atoms with E-state index in [-0.39, 0.29) is 11.2 Å². The second kappa shape index (κ2) is 4.72. The number of aromatic nitrogens is 2. The van der Waals surface area contributed by atoms with E-state index in [0.29, 0.717) is 18.4 Å². The van der Waals surface area contributed by atoms with Gasteiger partial charge in [0, 0.05) is 31.7 Å². The number of fused-ring (bicyclic) bond motifs is 1. The molecule has 1 amide bonds. The minimum atomic E-state index is 0.190. The Morgan fingerprint density at radius 1 is 1.44 bits per heavy atom. The predicted molar refractivity (Wildman–Crippen MR) is 68.5 cm³/mol. The maximum absolute atomic E-state index is 11.4. The van der Waals surface area contributed by atoms with Crippen LogP contribution in [0.5, 0.6) is 0 Å². The molecule has 0 radical (unpaired) electrons. The number of rotatable bonds is 1. The largest absolute Gasteiger partial charge is 0.356 e. The molecular formula is C12H15ClN4O. The quantitative estimate of drug-likeness (QED) is 0.777. The van der Waals surface area contributed by atoms with Crippen LogP contribution in [0.1, 0.15) is 19.3 Å². The highest BCUT2D eigenvalue weighted by Gasteiger charge is 2.34. The Hall–Kier alpha value is -1.36. The fourth-order valence-corrected chi connectivity index (χ4v) is 2.96. The highest BCUT2D eigenvalue weighted by atomic mass is 35.5. The van der Waals surface area contributed by atoms with E-state index < -0.39 is 0 Å². The monoisotopic (exact) mass is 266 g/mol. The van der Waals surface area contributed by atoms with Crippen molar-refractivity contribution < 1.29 is 4.79 Å². The SMILES string of the molecule is O=C1CCC2CN(c3ccnc(Cl)n3)CCC2N1. The summed E-state index contributed by atoms with van der Waals surface area (Å²) in [6.07, 6.45) is 4.25. The minimum Gasteiger partial charge on any atom is -0.356 e. The van der Waals surface area contributed by atoms with Crippen LogP contribution in [-0.2, 0) is 4.79 Å².